The van der Waals surface area contributed by atoms with Crippen molar-refractivity contribution in [3.63, 3.8) is 0 Å². The summed E-state index contributed by atoms with van der Waals surface area (Å²) in [5, 5.41) is 5.03. The Morgan fingerprint density at radius 2 is 1.04 bits per heavy atom. The van der Waals surface area contributed by atoms with Gasteiger partial charge in [-0.05, 0) is 93.7 Å². The van der Waals surface area contributed by atoms with Crippen molar-refractivity contribution < 1.29 is 0 Å². The van der Waals surface area contributed by atoms with Crippen LogP contribution in [0.2, 0.25) is 0 Å². The normalized spacial score (nSPS) is 11.4. The van der Waals surface area contributed by atoms with E-state index in [-0.39, 0.29) is 0 Å². The van der Waals surface area contributed by atoms with Crippen molar-refractivity contribution in [2.45, 2.75) is 0 Å². The molecule has 4 heteroatoms. The lowest BCUT2D eigenvalue weighted by atomic mass is 9.93. The first-order chi connectivity index (χ1) is 23.2. The third kappa shape index (κ3) is 5.15. The Hall–Kier alpha value is -5.97. The molecule has 6 aromatic carbocycles. The van der Waals surface area contributed by atoms with Crippen LogP contribution in [0.5, 0.6) is 0 Å². The second-order valence-electron chi connectivity index (χ2n) is 11.7. The van der Waals surface area contributed by atoms with E-state index in [2.05, 4.69) is 126 Å². The number of benzene rings is 6. The van der Waals surface area contributed by atoms with E-state index >= 15 is 0 Å². The number of nitrogens with zero attached hydrogens (tertiary/aromatic N) is 3. The highest BCUT2D eigenvalue weighted by Gasteiger charge is 2.15. The first kappa shape index (κ1) is 27.3. The summed E-state index contributed by atoms with van der Waals surface area (Å²) in [5.74, 6) is 0.686. The Kier molecular flexibility index (Phi) is 6.65. The maximum Gasteiger partial charge on any atom is 0.160 e. The molecule has 0 aliphatic carbocycles. The zero-order chi connectivity index (χ0) is 31.2. The van der Waals surface area contributed by atoms with E-state index in [9.17, 15) is 0 Å². The number of hydrogen-bond donors (Lipinski definition) is 0. The molecule has 9 rings (SSSR count). The highest BCUT2D eigenvalue weighted by molar-refractivity contribution is 7.25. The minimum absolute atomic E-state index is 0.686. The molecule has 0 fully saturated rings. The fourth-order valence-corrected chi connectivity index (χ4v) is 7.44. The van der Waals surface area contributed by atoms with Gasteiger partial charge in [-0.25, -0.2) is 9.97 Å². The molecular formula is C43H27N3S. The van der Waals surface area contributed by atoms with E-state index in [1.807, 2.05) is 47.9 Å². The average molecular weight is 618 g/mol. The van der Waals surface area contributed by atoms with E-state index in [0.717, 1.165) is 39.2 Å². The molecule has 0 unspecified atom stereocenters. The van der Waals surface area contributed by atoms with Gasteiger partial charge in [-0.2, -0.15) is 0 Å². The van der Waals surface area contributed by atoms with Crippen LogP contribution in [0.15, 0.2) is 164 Å². The van der Waals surface area contributed by atoms with Crippen LogP contribution >= 0.6 is 11.3 Å². The van der Waals surface area contributed by atoms with Gasteiger partial charge in [-0.1, -0.05) is 91.0 Å². The molecule has 0 atom stereocenters. The summed E-state index contributed by atoms with van der Waals surface area (Å²) in [6.07, 6.45) is 3.65. The van der Waals surface area contributed by atoms with E-state index < -0.39 is 0 Å². The van der Waals surface area contributed by atoms with Crippen molar-refractivity contribution in [3.05, 3.63) is 164 Å². The molecule has 9 aromatic rings. The van der Waals surface area contributed by atoms with Gasteiger partial charge >= 0.3 is 0 Å². The molecule has 0 saturated carbocycles. The molecule has 0 bridgehead atoms. The maximum absolute atomic E-state index is 5.17. The number of thiophene rings is 1. The molecule has 0 radical (unpaired) electrons. The number of hydrogen-bond acceptors (Lipinski definition) is 4. The van der Waals surface area contributed by atoms with Crippen molar-refractivity contribution in [1.29, 1.82) is 0 Å². The van der Waals surface area contributed by atoms with Gasteiger partial charge in [0.1, 0.15) is 0 Å². The van der Waals surface area contributed by atoms with Crippen LogP contribution in [0.25, 0.3) is 87.1 Å². The van der Waals surface area contributed by atoms with Crippen LogP contribution in [0.1, 0.15) is 0 Å². The summed E-state index contributed by atoms with van der Waals surface area (Å²) in [4.78, 5) is 14.6. The summed E-state index contributed by atoms with van der Waals surface area (Å²) < 4.78 is 2.60. The van der Waals surface area contributed by atoms with Gasteiger partial charge in [-0.15, -0.1) is 11.3 Å². The maximum atomic E-state index is 5.17. The summed E-state index contributed by atoms with van der Waals surface area (Å²) in [7, 11) is 0. The minimum Gasteiger partial charge on any atom is -0.264 e. The largest absolute Gasteiger partial charge is 0.264 e. The molecular weight excluding hydrogens is 591 g/mol. The lowest BCUT2D eigenvalue weighted by molar-refractivity contribution is 1.18. The highest BCUT2D eigenvalue weighted by Crippen LogP contribution is 2.39. The van der Waals surface area contributed by atoms with E-state index in [4.69, 9.17) is 9.97 Å². The smallest absolute Gasteiger partial charge is 0.160 e. The van der Waals surface area contributed by atoms with Gasteiger partial charge in [-0.3, -0.25) is 4.98 Å². The van der Waals surface area contributed by atoms with Crippen LogP contribution in [-0.2, 0) is 0 Å². The molecule has 0 saturated heterocycles. The van der Waals surface area contributed by atoms with E-state index in [1.165, 1.54) is 42.1 Å². The molecule has 3 aromatic heterocycles. The Labute approximate surface area is 276 Å². The number of rotatable bonds is 5. The Balaban J connectivity index is 1.28. The SMILES string of the molecule is c1ccc(-c2nc(-c3cccnc3)cc(-c3cc(-c4ccc5ccccc5c4)cc(-c4ccc5sc6ccccc6c5c4)c3)n2)cc1. The van der Waals surface area contributed by atoms with Crippen LogP contribution in [-0.4, -0.2) is 15.0 Å². The topological polar surface area (TPSA) is 38.7 Å². The zero-order valence-electron chi connectivity index (χ0n) is 25.3. The van der Waals surface area contributed by atoms with Crippen molar-refractivity contribution in [1.82, 2.24) is 15.0 Å². The molecule has 0 N–H and O–H groups in total. The Morgan fingerprint density at radius 3 is 1.87 bits per heavy atom. The first-order valence-electron chi connectivity index (χ1n) is 15.7. The highest BCUT2D eigenvalue weighted by atomic mass is 32.1. The minimum atomic E-state index is 0.686. The Morgan fingerprint density at radius 1 is 0.383 bits per heavy atom. The molecule has 0 aliphatic heterocycles. The molecule has 0 amide bonds. The van der Waals surface area contributed by atoms with Crippen molar-refractivity contribution in [3.8, 4) is 56.2 Å². The van der Waals surface area contributed by atoms with Crippen LogP contribution in [0, 0.1) is 0 Å². The van der Waals surface area contributed by atoms with Gasteiger partial charge < -0.3 is 0 Å². The Bertz CT molecular complexity index is 2510. The van der Waals surface area contributed by atoms with Gasteiger partial charge in [0.15, 0.2) is 5.82 Å². The zero-order valence-corrected chi connectivity index (χ0v) is 26.2. The molecule has 0 aliphatic rings. The quantitative estimate of drug-likeness (QED) is 0.193. The average Bonchev–Trinajstić information content (AvgIpc) is 3.53. The second kappa shape index (κ2) is 11.4. The molecule has 3 nitrogen and oxygen atoms in total. The predicted molar refractivity (Wildman–Crippen MR) is 197 cm³/mol. The van der Waals surface area contributed by atoms with Crippen LogP contribution < -0.4 is 0 Å². The summed E-state index contributed by atoms with van der Waals surface area (Å²) in [6, 6.07) is 53.8. The first-order valence-corrected chi connectivity index (χ1v) is 16.5. The number of aromatic nitrogens is 3. The summed E-state index contributed by atoms with van der Waals surface area (Å²) >= 11 is 1.84. The number of fused-ring (bicyclic) bond motifs is 4. The second-order valence-corrected chi connectivity index (χ2v) is 12.8. The molecule has 47 heavy (non-hydrogen) atoms. The van der Waals surface area contributed by atoms with Crippen molar-refractivity contribution in [2.75, 3.05) is 0 Å². The van der Waals surface area contributed by atoms with Crippen LogP contribution in [0.4, 0.5) is 0 Å². The molecule has 220 valence electrons. The third-order valence-electron chi connectivity index (χ3n) is 8.74. The molecule has 0 spiro atoms. The summed E-state index contributed by atoms with van der Waals surface area (Å²) in [6.45, 7) is 0. The lowest BCUT2D eigenvalue weighted by Gasteiger charge is -2.14. The van der Waals surface area contributed by atoms with Gasteiger partial charge in [0.25, 0.3) is 0 Å². The third-order valence-corrected chi connectivity index (χ3v) is 9.89. The monoisotopic (exact) mass is 617 g/mol. The molecule has 3 heterocycles. The standard InChI is InChI=1S/C43H27N3S/c1-2-10-29(11-3-1)43-45-39(33-13-8-20-44-27-33)26-40(46-43)36-23-34(31-17-16-28-9-4-5-12-30(28)21-31)22-35(24-36)32-18-19-42-38(25-32)37-14-6-7-15-41(37)47-42/h1-27H. The van der Waals surface area contributed by atoms with Crippen molar-refractivity contribution in [2.24, 2.45) is 0 Å². The summed E-state index contributed by atoms with van der Waals surface area (Å²) in [5.41, 5.74) is 9.29. The van der Waals surface area contributed by atoms with Gasteiger partial charge in [0.2, 0.25) is 0 Å². The fourth-order valence-electron chi connectivity index (χ4n) is 6.36. The van der Waals surface area contributed by atoms with Crippen LogP contribution in [0.3, 0.4) is 0 Å². The van der Waals surface area contributed by atoms with Gasteiger partial charge in [0.05, 0.1) is 11.4 Å². The predicted octanol–water partition coefficient (Wildman–Crippen LogP) is 11.7. The fraction of sp³-hybridized carbons (Fsp3) is 0. The van der Waals surface area contributed by atoms with Gasteiger partial charge in [0, 0.05) is 49.3 Å². The van der Waals surface area contributed by atoms with E-state index in [1.54, 1.807) is 6.20 Å². The number of pyridine rings is 1. The lowest BCUT2D eigenvalue weighted by Crippen LogP contribution is -1.96. The van der Waals surface area contributed by atoms with E-state index in [0.29, 0.717) is 5.82 Å². The van der Waals surface area contributed by atoms with Crippen molar-refractivity contribution >= 4 is 42.3 Å².